The van der Waals surface area contributed by atoms with Crippen LogP contribution in [0.5, 0.6) is 0 Å². The van der Waals surface area contributed by atoms with Gasteiger partial charge in [0, 0.05) is 24.8 Å². The average Bonchev–Trinajstić information content (AvgIpc) is 3.28. The number of carbonyl (C=O) groups is 1. The summed E-state index contributed by atoms with van der Waals surface area (Å²) < 4.78 is 7.17. The molecule has 1 aromatic carbocycles. The lowest BCUT2D eigenvalue weighted by Crippen LogP contribution is -2.40. The predicted molar refractivity (Wildman–Crippen MR) is 95.9 cm³/mol. The molecule has 2 aromatic rings. The van der Waals surface area contributed by atoms with Gasteiger partial charge in [-0.05, 0) is 37.5 Å². The van der Waals surface area contributed by atoms with E-state index in [1.165, 1.54) is 12.8 Å². The molecule has 2 N–H and O–H groups in total. The van der Waals surface area contributed by atoms with Crippen LogP contribution in [0.3, 0.4) is 0 Å². The molecule has 0 atom stereocenters. The van der Waals surface area contributed by atoms with Gasteiger partial charge in [0.2, 0.25) is 0 Å². The Hall–Kier alpha value is -2.41. The molecule has 1 aliphatic rings. The highest BCUT2D eigenvalue weighted by atomic mass is 16.5. The smallest absolute Gasteiger partial charge is 0.319 e. The summed E-state index contributed by atoms with van der Waals surface area (Å²) in [7, 11) is 1.72. The maximum absolute atomic E-state index is 12.4. The number of hydrogen-bond donors (Lipinski definition) is 2. The van der Waals surface area contributed by atoms with Crippen LogP contribution >= 0.6 is 0 Å². The third kappa shape index (κ3) is 4.17. The molecular formula is C18H25N5O2. The Balaban J connectivity index is 1.63. The maximum atomic E-state index is 12.4. The fourth-order valence-corrected chi connectivity index (χ4v) is 3.48. The molecule has 3 rings (SSSR count). The van der Waals surface area contributed by atoms with Crippen molar-refractivity contribution in [1.29, 1.82) is 0 Å². The van der Waals surface area contributed by atoms with E-state index in [0.29, 0.717) is 13.2 Å². The van der Waals surface area contributed by atoms with Gasteiger partial charge in [-0.25, -0.2) is 4.79 Å². The van der Waals surface area contributed by atoms with Crippen molar-refractivity contribution in [3.8, 4) is 5.69 Å². The third-order valence-corrected chi connectivity index (χ3v) is 4.92. The van der Waals surface area contributed by atoms with Crippen LogP contribution in [-0.2, 0) is 4.74 Å². The summed E-state index contributed by atoms with van der Waals surface area (Å²) in [5.74, 6) is 0. The molecule has 1 aromatic heterocycles. The molecule has 7 heteroatoms. The van der Waals surface area contributed by atoms with E-state index >= 15 is 0 Å². The standard InChI is InChI=1S/C18H25N5O2/c1-14-5-6-15(23-12-20-21-13-23)9-16(14)22-17(24)19-10-18(11-25-2)7-3-4-8-18/h5-6,9,12-13H,3-4,7-8,10-11H2,1-2H3,(H2,19,22,24). The van der Waals surface area contributed by atoms with Gasteiger partial charge in [-0.3, -0.25) is 4.57 Å². The van der Waals surface area contributed by atoms with Gasteiger partial charge in [-0.15, -0.1) is 10.2 Å². The first-order chi connectivity index (χ1) is 12.1. The highest BCUT2D eigenvalue weighted by Gasteiger charge is 2.34. The summed E-state index contributed by atoms with van der Waals surface area (Å²) in [5.41, 5.74) is 2.75. The van der Waals surface area contributed by atoms with Crippen LogP contribution in [0.2, 0.25) is 0 Å². The molecule has 1 fully saturated rings. The van der Waals surface area contributed by atoms with E-state index in [4.69, 9.17) is 4.74 Å². The monoisotopic (exact) mass is 343 g/mol. The van der Waals surface area contributed by atoms with Crippen LogP contribution in [0.25, 0.3) is 5.69 Å². The van der Waals surface area contributed by atoms with Crippen LogP contribution in [0.1, 0.15) is 31.2 Å². The molecule has 7 nitrogen and oxygen atoms in total. The van der Waals surface area contributed by atoms with Gasteiger partial charge in [0.1, 0.15) is 12.7 Å². The number of aromatic nitrogens is 3. The molecule has 0 spiro atoms. The topological polar surface area (TPSA) is 81.1 Å². The van der Waals surface area contributed by atoms with Crippen LogP contribution in [-0.4, -0.2) is 41.1 Å². The van der Waals surface area contributed by atoms with E-state index in [2.05, 4.69) is 20.8 Å². The van der Waals surface area contributed by atoms with Gasteiger partial charge >= 0.3 is 6.03 Å². The van der Waals surface area contributed by atoms with E-state index in [0.717, 1.165) is 29.8 Å². The molecular weight excluding hydrogens is 318 g/mol. The van der Waals surface area contributed by atoms with Gasteiger partial charge in [0.15, 0.2) is 0 Å². The Morgan fingerprint density at radius 1 is 1.28 bits per heavy atom. The van der Waals surface area contributed by atoms with E-state index < -0.39 is 0 Å². The van der Waals surface area contributed by atoms with E-state index in [1.807, 2.05) is 25.1 Å². The van der Waals surface area contributed by atoms with Crippen molar-refractivity contribution in [1.82, 2.24) is 20.1 Å². The normalized spacial score (nSPS) is 15.9. The lowest BCUT2D eigenvalue weighted by Gasteiger charge is -2.28. The fraction of sp³-hybridized carbons (Fsp3) is 0.500. The number of ether oxygens (including phenoxy) is 1. The number of anilines is 1. The number of rotatable bonds is 6. The molecule has 1 heterocycles. The molecule has 1 saturated carbocycles. The molecule has 1 aliphatic carbocycles. The second-order valence-electron chi connectivity index (χ2n) is 6.82. The predicted octanol–water partition coefficient (Wildman–Crippen LogP) is 2.90. The zero-order valence-electron chi connectivity index (χ0n) is 14.8. The lowest BCUT2D eigenvalue weighted by molar-refractivity contribution is 0.0847. The highest BCUT2D eigenvalue weighted by molar-refractivity contribution is 5.90. The first kappa shape index (κ1) is 17.4. The third-order valence-electron chi connectivity index (χ3n) is 4.92. The first-order valence-electron chi connectivity index (χ1n) is 8.61. The highest BCUT2D eigenvalue weighted by Crippen LogP contribution is 2.37. The van der Waals surface area contributed by atoms with Crippen LogP contribution < -0.4 is 10.6 Å². The zero-order chi connectivity index (χ0) is 17.7. The number of hydrogen-bond acceptors (Lipinski definition) is 4. The Bertz CT molecular complexity index is 708. The zero-order valence-corrected chi connectivity index (χ0v) is 14.8. The minimum absolute atomic E-state index is 0.0749. The van der Waals surface area contributed by atoms with E-state index in [-0.39, 0.29) is 11.4 Å². The Morgan fingerprint density at radius 2 is 2.00 bits per heavy atom. The van der Waals surface area contributed by atoms with Gasteiger partial charge in [-0.1, -0.05) is 18.9 Å². The molecule has 25 heavy (non-hydrogen) atoms. The lowest BCUT2D eigenvalue weighted by atomic mass is 9.87. The van der Waals surface area contributed by atoms with Crippen molar-refractivity contribution < 1.29 is 9.53 Å². The minimum Gasteiger partial charge on any atom is -0.384 e. The van der Waals surface area contributed by atoms with Crippen molar-refractivity contribution in [3.63, 3.8) is 0 Å². The molecule has 0 aliphatic heterocycles. The number of amides is 2. The average molecular weight is 343 g/mol. The molecule has 0 radical (unpaired) electrons. The van der Waals surface area contributed by atoms with Crippen molar-refractivity contribution in [2.75, 3.05) is 25.6 Å². The van der Waals surface area contributed by atoms with Crippen molar-refractivity contribution in [2.45, 2.75) is 32.6 Å². The van der Waals surface area contributed by atoms with Crippen LogP contribution in [0.4, 0.5) is 10.5 Å². The molecule has 0 bridgehead atoms. The number of methoxy groups -OCH3 is 1. The molecule has 0 saturated heterocycles. The summed E-state index contributed by atoms with van der Waals surface area (Å²) in [5, 5.41) is 13.6. The Morgan fingerprint density at radius 3 is 2.68 bits per heavy atom. The number of aryl methyl sites for hydroxylation is 1. The van der Waals surface area contributed by atoms with Crippen LogP contribution in [0, 0.1) is 12.3 Å². The van der Waals surface area contributed by atoms with E-state index in [9.17, 15) is 4.79 Å². The number of nitrogens with zero attached hydrogens (tertiary/aromatic N) is 3. The summed E-state index contributed by atoms with van der Waals surface area (Å²) in [6.07, 6.45) is 7.86. The Labute approximate surface area is 147 Å². The fourth-order valence-electron chi connectivity index (χ4n) is 3.48. The first-order valence-corrected chi connectivity index (χ1v) is 8.61. The van der Waals surface area contributed by atoms with Crippen molar-refractivity contribution in [2.24, 2.45) is 5.41 Å². The summed E-state index contributed by atoms with van der Waals surface area (Å²) in [4.78, 5) is 12.4. The van der Waals surface area contributed by atoms with Crippen molar-refractivity contribution in [3.05, 3.63) is 36.4 Å². The minimum atomic E-state index is -0.189. The Kier molecular flexibility index (Phi) is 5.33. The van der Waals surface area contributed by atoms with Gasteiger partial charge in [0.05, 0.1) is 12.3 Å². The van der Waals surface area contributed by atoms with Crippen molar-refractivity contribution >= 4 is 11.7 Å². The van der Waals surface area contributed by atoms with Gasteiger partial charge in [0.25, 0.3) is 0 Å². The second-order valence-corrected chi connectivity index (χ2v) is 6.82. The summed E-state index contributed by atoms with van der Waals surface area (Å²) in [6, 6.07) is 5.66. The van der Waals surface area contributed by atoms with E-state index in [1.54, 1.807) is 24.3 Å². The molecule has 134 valence electrons. The largest absolute Gasteiger partial charge is 0.384 e. The van der Waals surface area contributed by atoms with Gasteiger partial charge < -0.3 is 15.4 Å². The number of urea groups is 1. The maximum Gasteiger partial charge on any atom is 0.319 e. The number of nitrogens with one attached hydrogen (secondary N) is 2. The number of benzene rings is 1. The second kappa shape index (κ2) is 7.65. The quantitative estimate of drug-likeness (QED) is 0.845. The molecule has 2 amide bonds. The summed E-state index contributed by atoms with van der Waals surface area (Å²) in [6.45, 7) is 3.29. The number of carbonyl (C=O) groups excluding carboxylic acids is 1. The SMILES string of the molecule is COCC1(CNC(=O)Nc2cc(-n3cnnc3)ccc2C)CCCC1. The molecule has 0 unspecified atom stereocenters. The summed E-state index contributed by atoms with van der Waals surface area (Å²) >= 11 is 0. The van der Waals surface area contributed by atoms with Gasteiger partial charge in [-0.2, -0.15) is 0 Å². The van der Waals surface area contributed by atoms with Crippen LogP contribution in [0.15, 0.2) is 30.9 Å².